The van der Waals surface area contributed by atoms with Crippen molar-refractivity contribution in [2.45, 2.75) is 89.3 Å². The van der Waals surface area contributed by atoms with Gasteiger partial charge in [-0.2, -0.15) is 0 Å². The van der Waals surface area contributed by atoms with Crippen LogP contribution in [-0.2, 0) is 19.1 Å². The van der Waals surface area contributed by atoms with E-state index in [9.17, 15) is 9.59 Å². The van der Waals surface area contributed by atoms with Crippen LogP contribution in [0.5, 0.6) is 0 Å². The fourth-order valence-corrected chi connectivity index (χ4v) is 5.35. The van der Waals surface area contributed by atoms with Crippen LogP contribution in [0.2, 0.25) is 0 Å². The monoisotopic (exact) mass is 322 g/mol. The summed E-state index contributed by atoms with van der Waals surface area (Å²) in [5, 5.41) is 0. The fourth-order valence-electron chi connectivity index (χ4n) is 5.35. The molecule has 2 saturated heterocycles. The number of hydrogen-bond donors (Lipinski definition) is 0. The summed E-state index contributed by atoms with van der Waals surface area (Å²) in [7, 11) is 1.40. The zero-order valence-electron chi connectivity index (χ0n) is 14.6. The number of fused-ring (bicyclic) bond motifs is 6. The van der Waals surface area contributed by atoms with Crippen LogP contribution in [0.1, 0.15) is 77.6 Å². The molecular weight excluding hydrogens is 292 g/mol. The Morgan fingerprint density at radius 3 is 2.65 bits per heavy atom. The summed E-state index contributed by atoms with van der Waals surface area (Å²) in [4.78, 5) is 26.2. The SMILES string of the molecule is CCC[C@@]12CC[C@@H](O1)[C@@]1(C(=O)OC)CCCCCCC[C@H]2C1=O. The van der Waals surface area contributed by atoms with E-state index in [1.807, 2.05) is 0 Å². The van der Waals surface area contributed by atoms with Gasteiger partial charge in [0, 0.05) is 5.92 Å². The lowest BCUT2D eigenvalue weighted by molar-refractivity contribution is -0.201. The Balaban J connectivity index is 2.03. The number of ketones is 1. The zero-order chi connectivity index (χ0) is 16.5. The van der Waals surface area contributed by atoms with Gasteiger partial charge in [0.25, 0.3) is 0 Å². The van der Waals surface area contributed by atoms with Gasteiger partial charge in [-0.25, -0.2) is 0 Å². The Morgan fingerprint density at radius 1 is 1.17 bits per heavy atom. The molecule has 1 saturated carbocycles. The average molecular weight is 322 g/mol. The summed E-state index contributed by atoms with van der Waals surface area (Å²) in [6.45, 7) is 2.15. The molecule has 2 heterocycles. The van der Waals surface area contributed by atoms with E-state index in [4.69, 9.17) is 9.47 Å². The Kier molecular flexibility index (Phi) is 4.82. The Labute approximate surface area is 139 Å². The summed E-state index contributed by atoms with van der Waals surface area (Å²) in [5.74, 6) is -0.350. The molecule has 0 aromatic heterocycles. The smallest absolute Gasteiger partial charge is 0.322 e. The average Bonchev–Trinajstić information content (AvgIpc) is 2.94. The molecule has 0 unspecified atom stereocenters. The number of methoxy groups -OCH3 is 1. The molecule has 0 spiro atoms. The highest BCUT2D eigenvalue weighted by Gasteiger charge is 2.67. The van der Waals surface area contributed by atoms with Crippen molar-refractivity contribution in [3.63, 3.8) is 0 Å². The van der Waals surface area contributed by atoms with Gasteiger partial charge in [0.2, 0.25) is 0 Å². The van der Waals surface area contributed by atoms with Gasteiger partial charge in [-0.3, -0.25) is 9.59 Å². The highest BCUT2D eigenvalue weighted by molar-refractivity contribution is 6.07. The van der Waals surface area contributed by atoms with Gasteiger partial charge in [-0.15, -0.1) is 0 Å². The number of rotatable bonds is 3. The molecule has 3 fully saturated rings. The van der Waals surface area contributed by atoms with E-state index in [1.165, 1.54) is 20.0 Å². The molecule has 23 heavy (non-hydrogen) atoms. The minimum absolute atomic E-state index is 0.126. The van der Waals surface area contributed by atoms with Crippen LogP contribution >= 0.6 is 0 Å². The van der Waals surface area contributed by atoms with Crippen molar-refractivity contribution >= 4 is 11.8 Å². The van der Waals surface area contributed by atoms with E-state index in [0.29, 0.717) is 6.42 Å². The molecule has 4 bridgehead atoms. The van der Waals surface area contributed by atoms with Crippen molar-refractivity contribution in [3.05, 3.63) is 0 Å². The number of hydrogen-bond acceptors (Lipinski definition) is 4. The number of esters is 1. The third-order valence-corrected chi connectivity index (χ3v) is 6.43. The fraction of sp³-hybridized carbons (Fsp3) is 0.895. The summed E-state index contributed by atoms with van der Waals surface area (Å²) < 4.78 is 11.6. The van der Waals surface area contributed by atoms with E-state index in [-0.39, 0.29) is 29.4 Å². The largest absolute Gasteiger partial charge is 0.468 e. The minimum atomic E-state index is -1.04. The lowest BCUT2D eigenvalue weighted by Crippen LogP contribution is -2.61. The molecule has 0 radical (unpaired) electrons. The standard InChI is InChI=1S/C19H30O4/c1-3-11-18-13-10-15(23-18)19(17(21)22-2)12-8-6-4-5-7-9-14(18)16(19)20/h14-15H,3-13H2,1-2H3/t14-,15+,18-,19-/m0/s1. The first kappa shape index (κ1) is 16.9. The maximum Gasteiger partial charge on any atom is 0.322 e. The highest BCUT2D eigenvalue weighted by atomic mass is 16.5. The van der Waals surface area contributed by atoms with Gasteiger partial charge < -0.3 is 9.47 Å². The van der Waals surface area contributed by atoms with Crippen molar-refractivity contribution < 1.29 is 19.1 Å². The van der Waals surface area contributed by atoms with Gasteiger partial charge in [0.15, 0.2) is 11.2 Å². The van der Waals surface area contributed by atoms with Crippen LogP contribution in [0.15, 0.2) is 0 Å². The van der Waals surface area contributed by atoms with Crippen LogP contribution in [-0.4, -0.2) is 30.6 Å². The van der Waals surface area contributed by atoms with E-state index in [0.717, 1.165) is 51.4 Å². The Hall–Kier alpha value is -0.900. The third kappa shape index (κ3) is 2.54. The predicted molar refractivity (Wildman–Crippen MR) is 87.0 cm³/mol. The summed E-state index contributed by atoms with van der Waals surface area (Å²) in [6, 6.07) is 0. The minimum Gasteiger partial charge on any atom is -0.468 e. The van der Waals surface area contributed by atoms with Crippen LogP contribution in [0.25, 0.3) is 0 Å². The van der Waals surface area contributed by atoms with Gasteiger partial charge >= 0.3 is 5.97 Å². The van der Waals surface area contributed by atoms with Crippen molar-refractivity contribution in [3.8, 4) is 0 Å². The summed E-state index contributed by atoms with van der Waals surface area (Å²) in [5.41, 5.74) is -1.35. The lowest BCUT2D eigenvalue weighted by Gasteiger charge is -2.48. The van der Waals surface area contributed by atoms with Gasteiger partial charge in [0.1, 0.15) is 0 Å². The Morgan fingerprint density at radius 2 is 1.91 bits per heavy atom. The van der Waals surface area contributed by atoms with Gasteiger partial charge in [-0.05, 0) is 32.1 Å². The quantitative estimate of drug-likeness (QED) is 0.586. The molecule has 0 N–H and O–H groups in total. The molecule has 0 aromatic rings. The van der Waals surface area contributed by atoms with Crippen molar-refractivity contribution in [1.82, 2.24) is 0 Å². The van der Waals surface area contributed by atoms with Gasteiger partial charge in [0.05, 0.1) is 18.8 Å². The number of carbonyl (C=O) groups excluding carboxylic acids is 2. The topological polar surface area (TPSA) is 52.6 Å². The normalized spacial score (nSPS) is 40.7. The molecule has 4 heteroatoms. The van der Waals surface area contributed by atoms with Gasteiger partial charge in [-0.1, -0.05) is 45.4 Å². The second kappa shape index (κ2) is 6.54. The molecule has 3 aliphatic rings. The molecule has 3 rings (SSSR count). The predicted octanol–water partition coefficient (Wildman–Crippen LogP) is 3.81. The molecule has 2 aliphatic heterocycles. The highest BCUT2D eigenvalue weighted by Crippen LogP contribution is 2.56. The number of carbonyl (C=O) groups is 2. The summed E-state index contributed by atoms with van der Waals surface area (Å²) in [6.07, 6.45) is 10.3. The van der Waals surface area contributed by atoms with Crippen LogP contribution in [0, 0.1) is 11.3 Å². The molecule has 1 aliphatic carbocycles. The van der Waals surface area contributed by atoms with Crippen LogP contribution in [0.3, 0.4) is 0 Å². The lowest BCUT2D eigenvalue weighted by atomic mass is 9.64. The van der Waals surface area contributed by atoms with E-state index in [2.05, 4.69) is 6.92 Å². The van der Waals surface area contributed by atoms with Crippen molar-refractivity contribution in [1.29, 1.82) is 0 Å². The van der Waals surface area contributed by atoms with E-state index >= 15 is 0 Å². The first-order chi connectivity index (χ1) is 11.1. The van der Waals surface area contributed by atoms with E-state index < -0.39 is 5.41 Å². The van der Waals surface area contributed by atoms with Crippen molar-refractivity contribution in [2.75, 3.05) is 7.11 Å². The summed E-state index contributed by atoms with van der Waals surface area (Å²) >= 11 is 0. The van der Waals surface area contributed by atoms with Crippen molar-refractivity contribution in [2.24, 2.45) is 11.3 Å². The van der Waals surface area contributed by atoms with Crippen LogP contribution in [0.4, 0.5) is 0 Å². The third-order valence-electron chi connectivity index (χ3n) is 6.43. The molecule has 0 amide bonds. The second-order valence-electron chi connectivity index (χ2n) is 7.65. The molecule has 130 valence electrons. The van der Waals surface area contributed by atoms with E-state index in [1.54, 1.807) is 0 Å². The molecule has 4 atom stereocenters. The first-order valence-electron chi connectivity index (χ1n) is 9.41. The number of ether oxygens (including phenoxy) is 2. The maximum absolute atomic E-state index is 13.5. The Bertz CT molecular complexity index is 474. The maximum atomic E-state index is 13.5. The second-order valence-corrected chi connectivity index (χ2v) is 7.65. The molecule has 4 nitrogen and oxygen atoms in total. The first-order valence-corrected chi connectivity index (χ1v) is 9.41. The molecule has 0 aromatic carbocycles. The zero-order valence-corrected chi connectivity index (χ0v) is 14.6. The number of Topliss-reactive ketones (excluding diaryl/α,β-unsaturated/α-hetero) is 1. The molecular formula is C19H30O4. The van der Waals surface area contributed by atoms with Crippen LogP contribution < -0.4 is 0 Å².